The Morgan fingerprint density at radius 1 is 0.952 bits per heavy atom. The molecule has 0 amide bonds. The Hall–Kier alpha value is -1.46. The molecule has 0 unspecified atom stereocenters. The number of nitrogens with one attached hydrogen (secondary N) is 1. The first-order chi connectivity index (χ1) is 9.77. The quantitative estimate of drug-likeness (QED) is 0.701. The lowest BCUT2D eigenvalue weighted by atomic mass is 10.1. The maximum atomic E-state index is 13.1. The third kappa shape index (κ3) is 4.02. The van der Waals surface area contributed by atoms with Crippen LogP contribution >= 0.6 is 23.2 Å². The van der Waals surface area contributed by atoms with Gasteiger partial charge in [0.15, 0.2) is 0 Å². The fourth-order valence-corrected chi connectivity index (χ4v) is 2.14. The molecule has 112 valence electrons. The predicted octanol–water partition coefficient (Wildman–Crippen LogP) is 5.76. The van der Waals surface area contributed by atoms with Gasteiger partial charge < -0.3 is 5.32 Å². The lowest BCUT2D eigenvalue weighted by Gasteiger charge is -2.13. The van der Waals surface area contributed by atoms with Gasteiger partial charge in [0.25, 0.3) is 0 Å². The highest BCUT2D eigenvalue weighted by Crippen LogP contribution is 2.36. The molecule has 2 rings (SSSR count). The Balaban J connectivity index is 2.19. The maximum Gasteiger partial charge on any atom is 0.417 e. The molecule has 0 aliphatic rings. The van der Waals surface area contributed by atoms with E-state index in [0.717, 1.165) is 12.1 Å². The third-order valence-corrected chi connectivity index (χ3v) is 3.46. The van der Waals surface area contributed by atoms with Crippen LogP contribution in [0.1, 0.15) is 11.1 Å². The van der Waals surface area contributed by atoms with Crippen molar-refractivity contribution in [2.75, 3.05) is 5.32 Å². The molecule has 0 heterocycles. The van der Waals surface area contributed by atoms with E-state index in [1.807, 2.05) is 0 Å². The largest absolute Gasteiger partial charge is 0.417 e. The molecule has 21 heavy (non-hydrogen) atoms. The minimum Gasteiger partial charge on any atom is -0.381 e. The number of anilines is 1. The molecular formula is C14H9Cl2F4N. The van der Waals surface area contributed by atoms with Gasteiger partial charge in [-0.2, -0.15) is 13.2 Å². The number of alkyl halides is 3. The lowest BCUT2D eigenvalue weighted by Crippen LogP contribution is -2.07. The van der Waals surface area contributed by atoms with Crippen LogP contribution in [-0.4, -0.2) is 0 Å². The molecule has 7 heteroatoms. The Kier molecular flexibility index (Phi) is 4.64. The van der Waals surface area contributed by atoms with E-state index in [1.54, 1.807) is 0 Å². The summed E-state index contributed by atoms with van der Waals surface area (Å²) in [6.07, 6.45) is -4.54. The molecule has 2 aromatic rings. The van der Waals surface area contributed by atoms with Crippen LogP contribution in [-0.2, 0) is 12.7 Å². The monoisotopic (exact) mass is 337 g/mol. The van der Waals surface area contributed by atoms with Crippen LogP contribution in [0.3, 0.4) is 0 Å². The normalized spacial score (nSPS) is 11.5. The van der Waals surface area contributed by atoms with E-state index in [9.17, 15) is 17.6 Å². The van der Waals surface area contributed by atoms with Crippen LogP contribution in [0.4, 0.5) is 23.2 Å². The number of hydrogen-bond acceptors (Lipinski definition) is 1. The Labute approximate surface area is 128 Å². The summed E-state index contributed by atoms with van der Waals surface area (Å²) < 4.78 is 51.3. The summed E-state index contributed by atoms with van der Waals surface area (Å²) in [7, 11) is 0. The van der Waals surface area contributed by atoms with Crippen molar-refractivity contribution < 1.29 is 17.6 Å². The fourth-order valence-electron chi connectivity index (χ4n) is 1.73. The van der Waals surface area contributed by atoms with E-state index in [2.05, 4.69) is 5.32 Å². The average Bonchev–Trinajstić information content (AvgIpc) is 2.40. The Morgan fingerprint density at radius 2 is 1.62 bits per heavy atom. The third-order valence-electron chi connectivity index (χ3n) is 2.76. The minimum absolute atomic E-state index is 0.0928. The van der Waals surface area contributed by atoms with Crippen molar-refractivity contribution in [3.63, 3.8) is 0 Å². The second-order valence-electron chi connectivity index (χ2n) is 4.28. The van der Waals surface area contributed by atoms with Crippen LogP contribution in [0.15, 0.2) is 36.4 Å². The van der Waals surface area contributed by atoms with Gasteiger partial charge in [0, 0.05) is 17.3 Å². The van der Waals surface area contributed by atoms with Crippen molar-refractivity contribution in [1.29, 1.82) is 0 Å². The van der Waals surface area contributed by atoms with Crippen molar-refractivity contribution >= 4 is 28.9 Å². The highest BCUT2D eigenvalue weighted by Gasteiger charge is 2.33. The lowest BCUT2D eigenvalue weighted by molar-refractivity contribution is -0.137. The molecule has 2 aromatic carbocycles. The topological polar surface area (TPSA) is 12.0 Å². The summed E-state index contributed by atoms with van der Waals surface area (Å²) >= 11 is 11.4. The molecular weight excluding hydrogens is 329 g/mol. The molecule has 1 N–H and O–H groups in total. The summed E-state index contributed by atoms with van der Waals surface area (Å²) in [6.45, 7) is 0.0928. The molecule has 0 aliphatic heterocycles. The number of benzene rings is 2. The second kappa shape index (κ2) is 6.12. The molecule has 0 bridgehead atoms. The van der Waals surface area contributed by atoms with Gasteiger partial charge in [-0.15, -0.1) is 0 Å². The average molecular weight is 338 g/mol. The number of rotatable bonds is 3. The molecule has 0 aromatic heterocycles. The summed E-state index contributed by atoms with van der Waals surface area (Å²) in [5, 5.41) is 2.71. The van der Waals surface area contributed by atoms with Gasteiger partial charge in [-0.05, 0) is 42.0 Å². The minimum atomic E-state index is -4.54. The maximum absolute atomic E-state index is 13.1. The van der Waals surface area contributed by atoms with E-state index in [1.165, 1.54) is 24.3 Å². The van der Waals surface area contributed by atoms with Gasteiger partial charge in [0.2, 0.25) is 0 Å². The summed E-state index contributed by atoms with van der Waals surface area (Å²) in [4.78, 5) is 0. The van der Waals surface area contributed by atoms with Crippen LogP contribution < -0.4 is 5.32 Å². The van der Waals surface area contributed by atoms with Gasteiger partial charge in [-0.1, -0.05) is 23.2 Å². The van der Waals surface area contributed by atoms with Gasteiger partial charge in [0.1, 0.15) is 5.82 Å². The molecule has 0 radical (unpaired) electrons. The smallest absolute Gasteiger partial charge is 0.381 e. The highest BCUT2D eigenvalue weighted by molar-refractivity contribution is 6.31. The number of hydrogen-bond donors (Lipinski definition) is 1. The SMILES string of the molecule is Fc1ccc(Cl)c(CNc2ccc(Cl)c(C(F)(F)F)c2)c1. The zero-order valence-corrected chi connectivity index (χ0v) is 12.0. The van der Waals surface area contributed by atoms with E-state index in [-0.39, 0.29) is 17.3 Å². The van der Waals surface area contributed by atoms with Gasteiger partial charge >= 0.3 is 6.18 Å². The molecule has 0 saturated heterocycles. The van der Waals surface area contributed by atoms with Gasteiger partial charge in [-0.3, -0.25) is 0 Å². The highest BCUT2D eigenvalue weighted by atomic mass is 35.5. The predicted molar refractivity (Wildman–Crippen MR) is 75.2 cm³/mol. The van der Waals surface area contributed by atoms with Crippen LogP contribution in [0.25, 0.3) is 0 Å². The molecule has 0 spiro atoms. The molecule has 1 nitrogen and oxygen atoms in total. The molecule has 0 saturated carbocycles. The van der Waals surface area contributed by atoms with E-state index >= 15 is 0 Å². The fraction of sp³-hybridized carbons (Fsp3) is 0.143. The zero-order valence-electron chi connectivity index (χ0n) is 10.4. The van der Waals surface area contributed by atoms with E-state index < -0.39 is 17.6 Å². The molecule has 0 fully saturated rings. The van der Waals surface area contributed by atoms with Crippen molar-refractivity contribution in [3.8, 4) is 0 Å². The van der Waals surface area contributed by atoms with Gasteiger partial charge in [-0.25, -0.2) is 4.39 Å². The van der Waals surface area contributed by atoms with Crippen LogP contribution in [0.2, 0.25) is 10.0 Å². The Bertz CT molecular complexity index is 656. The van der Waals surface area contributed by atoms with Crippen molar-refractivity contribution in [1.82, 2.24) is 0 Å². The standard InChI is InChI=1S/C14H9Cl2F4N/c15-12-3-1-9(17)5-8(12)7-21-10-2-4-13(16)11(6-10)14(18,19)20/h1-6,21H,7H2. The summed E-state index contributed by atoms with van der Waals surface area (Å²) in [6, 6.07) is 7.27. The Morgan fingerprint density at radius 3 is 2.29 bits per heavy atom. The van der Waals surface area contributed by atoms with E-state index in [4.69, 9.17) is 23.2 Å². The second-order valence-corrected chi connectivity index (χ2v) is 5.10. The van der Waals surface area contributed by atoms with Crippen molar-refractivity contribution in [2.24, 2.45) is 0 Å². The van der Waals surface area contributed by atoms with Crippen LogP contribution in [0, 0.1) is 5.82 Å². The van der Waals surface area contributed by atoms with E-state index in [0.29, 0.717) is 10.6 Å². The first-order valence-corrected chi connectivity index (χ1v) is 6.57. The van der Waals surface area contributed by atoms with Crippen LogP contribution in [0.5, 0.6) is 0 Å². The first kappa shape index (κ1) is 15.9. The number of halogens is 6. The van der Waals surface area contributed by atoms with Crippen molar-refractivity contribution in [2.45, 2.75) is 12.7 Å². The summed E-state index contributed by atoms with van der Waals surface area (Å²) in [5.74, 6) is -0.469. The first-order valence-electron chi connectivity index (χ1n) is 5.82. The van der Waals surface area contributed by atoms with Crippen molar-refractivity contribution in [3.05, 3.63) is 63.4 Å². The van der Waals surface area contributed by atoms with Gasteiger partial charge in [0.05, 0.1) is 10.6 Å². The summed E-state index contributed by atoms with van der Waals surface area (Å²) in [5.41, 5.74) is -0.272. The zero-order chi connectivity index (χ0) is 15.6. The molecule has 0 aliphatic carbocycles. The molecule has 0 atom stereocenters.